The van der Waals surface area contributed by atoms with Crippen LogP contribution in [-0.2, 0) is 0 Å². The average molecular weight is 551 g/mol. The number of aryl methyl sites for hydroxylation is 4. The van der Waals surface area contributed by atoms with Gasteiger partial charge in [-0.2, -0.15) is 0 Å². The van der Waals surface area contributed by atoms with Gasteiger partial charge >= 0.3 is 0 Å². The molecule has 0 amide bonds. The van der Waals surface area contributed by atoms with E-state index in [4.69, 9.17) is 0 Å². The van der Waals surface area contributed by atoms with Gasteiger partial charge in [0.15, 0.2) is 5.78 Å². The molecule has 4 aromatic carbocycles. The maximum absolute atomic E-state index is 12.4. The molecule has 0 aliphatic heterocycles. The highest BCUT2D eigenvalue weighted by Crippen LogP contribution is 2.36. The maximum atomic E-state index is 12.4. The smallest absolute Gasteiger partial charge is 0.173 e. The second-order valence-electron chi connectivity index (χ2n) is 10.5. The van der Waals surface area contributed by atoms with Crippen LogP contribution in [0.3, 0.4) is 0 Å². The van der Waals surface area contributed by atoms with Crippen molar-refractivity contribution in [3.63, 3.8) is 0 Å². The van der Waals surface area contributed by atoms with Crippen LogP contribution in [0.2, 0.25) is 0 Å². The Kier molecular flexibility index (Phi) is 9.15. The van der Waals surface area contributed by atoms with Crippen molar-refractivity contribution in [2.24, 2.45) is 0 Å². The molecule has 5 rings (SSSR count). The summed E-state index contributed by atoms with van der Waals surface area (Å²) in [5.74, 6) is 0.699. The molecule has 0 atom stereocenters. The summed E-state index contributed by atoms with van der Waals surface area (Å²) in [4.78, 5) is 14.9. The van der Waals surface area contributed by atoms with Crippen LogP contribution in [0.5, 0.6) is 0 Å². The molecular weight excluding hydrogens is 513 g/mol. The molecule has 0 aliphatic carbocycles. The van der Waals surface area contributed by atoms with Gasteiger partial charge in [0.05, 0.1) is 5.75 Å². The van der Waals surface area contributed by atoms with E-state index in [2.05, 4.69) is 103 Å². The van der Waals surface area contributed by atoms with Crippen molar-refractivity contribution < 1.29 is 4.79 Å². The molecule has 0 N–H and O–H groups in total. The number of hydrogen-bond acceptors (Lipinski definition) is 3. The Morgan fingerprint density at radius 3 is 2.05 bits per heavy atom. The quantitative estimate of drug-likeness (QED) is 0.160. The first-order valence-corrected chi connectivity index (χ1v) is 15.2. The third-order valence-electron chi connectivity index (χ3n) is 7.72. The summed E-state index contributed by atoms with van der Waals surface area (Å²) >= 11 is 3.50. The van der Waals surface area contributed by atoms with Gasteiger partial charge in [-0.25, -0.2) is 0 Å². The maximum Gasteiger partial charge on any atom is 0.173 e. The van der Waals surface area contributed by atoms with E-state index >= 15 is 0 Å². The van der Waals surface area contributed by atoms with Crippen molar-refractivity contribution in [2.75, 3.05) is 5.75 Å². The van der Waals surface area contributed by atoms with Crippen LogP contribution in [0.15, 0.2) is 77.7 Å². The Morgan fingerprint density at radius 2 is 1.33 bits per heavy atom. The van der Waals surface area contributed by atoms with Gasteiger partial charge in [0.1, 0.15) is 0 Å². The van der Waals surface area contributed by atoms with E-state index in [-0.39, 0.29) is 5.78 Å². The van der Waals surface area contributed by atoms with Crippen LogP contribution in [0.1, 0.15) is 54.9 Å². The van der Waals surface area contributed by atoms with Gasteiger partial charge in [0.25, 0.3) is 0 Å². The molecule has 200 valence electrons. The van der Waals surface area contributed by atoms with Crippen molar-refractivity contribution in [3.05, 3.63) is 123 Å². The second-order valence-corrected chi connectivity index (χ2v) is 12.7. The molecule has 0 fully saturated rings. The van der Waals surface area contributed by atoms with Gasteiger partial charge < -0.3 is 0 Å². The molecule has 0 saturated heterocycles. The lowest BCUT2D eigenvalue weighted by molar-refractivity contribution is 0.102. The number of thioether (sulfide) groups is 1. The lowest BCUT2D eigenvalue weighted by atomic mass is 9.97. The Morgan fingerprint density at radius 1 is 0.667 bits per heavy atom. The third-order valence-corrected chi connectivity index (χ3v) is 9.84. The molecule has 0 bridgehead atoms. The minimum Gasteiger partial charge on any atom is -0.293 e. The zero-order valence-corrected chi connectivity index (χ0v) is 26.0. The summed E-state index contributed by atoms with van der Waals surface area (Å²) in [6, 6.07) is 25.8. The molecule has 0 saturated carbocycles. The fourth-order valence-corrected chi connectivity index (χ4v) is 6.82. The van der Waals surface area contributed by atoms with Crippen LogP contribution in [0, 0.1) is 55.4 Å². The molecule has 39 heavy (non-hydrogen) atoms. The van der Waals surface area contributed by atoms with E-state index < -0.39 is 0 Å². The molecule has 1 nitrogen and oxygen atoms in total. The van der Waals surface area contributed by atoms with Crippen molar-refractivity contribution in [3.8, 4) is 10.4 Å². The number of hydrogen-bond donors (Lipinski definition) is 0. The van der Waals surface area contributed by atoms with Crippen LogP contribution in [0.25, 0.3) is 20.5 Å². The summed E-state index contributed by atoms with van der Waals surface area (Å²) in [5, 5.41) is 1.35. The van der Waals surface area contributed by atoms with Gasteiger partial charge in [-0.05, 0) is 130 Å². The van der Waals surface area contributed by atoms with Crippen LogP contribution in [-0.4, -0.2) is 11.5 Å². The predicted molar refractivity (Wildman–Crippen MR) is 173 cm³/mol. The molecule has 0 radical (unpaired) electrons. The molecule has 0 spiro atoms. The SMILES string of the molecule is Cc1ccc2cc(-c3ccc(C)c(C)c3C)sc2c1.Cc1cccc(SCC(=O)c2ccc(C)c(C)c2C)c1. The number of rotatable bonds is 5. The highest BCUT2D eigenvalue weighted by molar-refractivity contribution is 8.00. The summed E-state index contributed by atoms with van der Waals surface area (Å²) in [6.07, 6.45) is 0. The van der Waals surface area contributed by atoms with E-state index in [1.54, 1.807) is 11.8 Å². The lowest BCUT2D eigenvalue weighted by Gasteiger charge is -2.10. The minimum atomic E-state index is 0.206. The van der Waals surface area contributed by atoms with E-state index in [9.17, 15) is 4.79 Å². The zero-order chi connectivity index (χ0) is 28.3. The zero-order valence-electron chi connectivity index (χ0n) is 24.4. The molecule has 1 heterocycles. The standard InChI is InChI=1S/C18H20OS.C18H18S/c1-12-6-5-7-16(10-12)20-11-18(19)17-9-8-13(2)14(3)15(17)4;1-11-5-7-15-10-18(19-17(15)9-11)16-8-6-12(2)13(3)14(16)4/h5-10H,11H2,1-4H3;5-10H,1-4H3. The number of benzene rings is 4. The first kappa shape index (κ1) is 28.9. The van der Waals surface area contributed by atoms with E-state index in [0.717, 1.165) is 16.0 Å². The lowest BCUT2D eigenvalue weighted by Crippen LogP contribution is -2.06. The highest BCUT2D eigenvalue weighted by Gasteiger charge is 2.12. The molecule has 0 unspecified atom stereocenters. The largest absolute Gasteiger partial charge is 0.293 e. The third kappa shape index (κ3) is 6.72. The van der Waals surface area contributed by atoms with E-state index in [1.165, 1.54) is 59.5 Å². The summed E-state index contributed by atoms with van der Waals surface area (Å²) in [5.41, 5.74) is 12.5. The number of Topliss-reactive ketones (excluding diaryl/α,β-unsaturated/α-hetero) is 1. The van der Waals surface area contributed by atoms with Gasteiger partial charge in [-0.15, -0.1) is 23.1 Å². The second kappa shape index (κ2) is 12.4. The first-order valence-electron chi connectivity index (χ1n) is 13.4. The number of carbonyl (C=O) groups excluding carboxylic acids is 1. The van der Waals surface area contributed by atoms with Gasteiger partial charge in [0.2, 0.25) is 0 Å². The summed E-state index contributed by atoms with van der Waals surface area (Å²) in [7, 11) is 0. The average Bonchev–Trinajstić information content (AvgIpc) is 3.32. The monoisotopic (exact) mass is 550 g/mol. The first-order chi connectivity index (χ1) is 18.5. The fourth-order valence-electron chi connectivity index (χ4n) is 4.68. The minimum absolute atomic E-state index is 0.206. The molecule has 5 aromatic rings. The van der Waals surface area contributed by atoms with Crippen molar-refractivity contribution in [1.29, 1.82) is 0 Å². The molecular formula is C36H38OS2. The molecule has 0 aliphatic rings. The van der Waals surface area contributed by atoms with Crippen molar-refractivity contribution >= 4 is 39.0 Å². The van der Waals surface area contributed by atoms with Gasteiger partial charge in [-0.1, -0.05) is 54.1 Å². The van der Waals surface area contributed by atoms with E-state index in [0.29, 0.717) is 5.75 Å². The fraction of sp³-hybridized carbons (Fsp3) is 0.250. The normalized spacial score (nSPS) is 10.9. The Bertz CT molecular complexity index is 1660. The molecule has 1 aromatic heterocycles. The number of carbonyl (C=O) groups is 1. The predicted octanol–water partition coefficient (Wildman–Crippen LogP) is 10.7. The number of ketones is 1. The number of thiophene rings is 1. The van der Waals surface area contributed by atoms with Crippen molar-refractivity contribution in [1.82, 2.24) is 0 Å². The number of fused-ring (bicyclic) bond motifs is 1. The summed E-state index contributed by atoms with van der Waals surface area (Å²) < 4.78 is 1.38. The van der Waals surface area contributed by atoms with Crippen LogP contribution >= 0.6 is 23.1 Å². The molecule has 3 heteroatoms. The Hall–Kier alpha value is -3.14. The Balaban J connectivity index is 0.000000181. The van der Waals surface area contributed by atoms with Gasteiger partial charge in [0, 0.05) is 20.0 Å². The highest BCUT2D eigenvalue weighted by atomic mass is 32.2. The summed E-state index contributed by atoms with van der Waals surface area (Å²) in [6.45, 7) is 17.0. The van der Waals surface area contributed by atoms with Crippen molar-refractivity contribution in [2.45, 2.75) is 60.3 Å². The topological polar surface area (TPSA) is 17.1 Å². The van der Waals surface area contributed by atoms with Crippen LogP contribution < -0.4 is 0 Å². The van der Waals surface area contributed by atoms with E-state index in [1.807, 2.05) is 36.5 Å². The van der Waals surface area contributed by atoms with Crippen LogP contribution in [0.4, 0.5) is 0 Å². The van der Waals surface area contributed by atoms with Gasteiger partial charge in [-0.3, -0.25) is 4.79 Å². The Labute approximate surface area is 242 Å².